The lowest BCUT2D eigenvalue weighted by molar-refractivity contribution is -0.115. The first-order chi connectivity index (χ1) is 9.25. The molecule has 0 aromatic heterocycles. The molecule has 2 aromatic carbocycles. The zero-order valence-corrected chi connectivity index (χ0v) is 11.1. The third-order valence-electron chi connectivity index (χ3n) is 4.62. The predicted molar refractivity (Wildman–Crippen MR) is 78.2 cm³/mol. The minimum atomic E-state index is 0.381. The molecule has 2 aliphatic rings. The second-order valence-electron chi connectivity index (χ2n) is 5.65. The SMILES string of the molecule is Cc1cc2c(c3ccccc13)CCC1=C2CCC1=O. The van der Waals surface area contributed by atoms with Gasteiger partial charge in [-0.2, -0.15) is 0 Å². The van der Waals surface area contributed by atoms with Crippen molar-refractivity contribution in [2.45, 2.75) is 32.6 Å². The van der Waals surface area contributed by atoms with Crippen molar-refractivity contribution in [3.05, 3.63) is 52.6 Å². The van der Waals surface area contributed by atoms with Crippen molar-refractivity contribution in [3.63, 3.8) is 0 Å². The first kappa shape index (κ1) is 11.0. The van der Waals surface area contributed by atoms with Crippen molar-refractivity contribution in [2.75, 3.05) is 0 Å². The molecule has 1 heteroatoms. The number of hydrogen-bond acceptors (Lipinski definition) is 1. The fraction of sp³-hybridized carbons (Fsp3) is 0.278. The maximum atomic E-state index is 11.9. The maximum Gasteiger partial charge on any atom is 0.159 e. The molecule has 0 spiro atoms. The number of carbonyl (C=O) groups excluding carboxylic acids is 1. The van der Waals surface area contributed by atoms with E-state index in [4.69, 9.17) is 0 Å². The van der Waals surface area contributed by atoms with Gasteiger partial charge in [0.1, 0.15) is 0 Å². The van der Waals surface area contributed by atoms with E-state index in [1.807, 2.05) is 0 Å². The molecular formula is C18H16O. The maximum absolute atomic E-state index is 11.9. The second kappa shape index (κ2) is 3.80. The summed E-state index contributed by atoms with van der Waals surface area (Å²) in [6.07, 6.45) is 3.61. The Morgan fingerprint density at radius 2 is 1.63 bits per heavy atom. The summed E-state index contributed by atoms with van der Waals surface area (Å²) in [5.41, 5.74) is 6.57. The van der Waals surface area contributed by atoms with E-state index < -0.39 is 0 Å². The van der Waals surface area contributed by atoms with Gasteiger partial charge in [-0.15, -0.1) is 0 Å². The van der Waals surface area contributed by atoms with Crippen molar-refractivity contribution in [1.29, 1.82) is 0 Å². The number of hydrogen-bond donors (Lipinski definition) is 0. The van der Waals surface area contributed by atoms with Crippen LogP contribution in [0, 0.1) is 6.92 Å². The fourth-order valence-electron chi connectivity index (χ4n) is 3.70. The Morgan fingerprint density at radius 3 is 2.47 bits per heavy atom. The summed E-state index contributed by atoms with van der Waals surface area (Å²) >= 11 is 0. The van der Waals surface area contributed by atoms with Crippen LogP contribution in [0.4, 0.5) is 0 Å². The van der Waals surface area contributed by atoms with Gasteiger partial charge in [-0.25, -0.2) is 0 Å². The van der Waals surface area contributed by atoms with E-state index in [2.05, 4.69) is 37.3 Å². The van der Waals surface area contributed by atoms with Crippen molar-refractivity contribution in [2.24, 2.45) is 0 Å². The van der Waals surface area contributed by atoms with Gasteiger partial charge < -0.3 is 0 Å². The molecule has 19 heavy (non-hydrogen) atoms. The number of ketones is 1. The highest BCUT2D eigenvalue weighted by atomic mass is 16.1. The van der Waals surface area contributed by atoms with Gasteiger partial charge in [0, 0.05) is 6.42 Å². The van der Waals surface area contributed by atoms with Crippen LogP contribution >= 0.6 is 0 Å². The van der Waals surface area contributed by atoms with Crippen LogP contribution in [0.3, 0.4) is 0 Å². The Kier molecular flexibility index (Phi) is 2.20. The van der Waals surface area contributed by atoms with E-state index in [-0.39, 0.29) is 0 Å². The Morgan fingerprint density at radius 1 is 0.895 bits per heavy atom. The number of benzene rings is 2. The van der Waals surface area contributed by atoms with Crippen molar-refractivity contribution < 1.29 is 4.79 Å². The van der Waals surface area contributed by atoms with Gasteiger partial charge >= 0.3 is 0 Å². The summed E-state index contributed by atoms with van der Waals surface area (Å²) in [6, 6.07) is 10.9. The third kappa shape index (κ3) is 1.45. The van der Waals surface area contributed by atoms with Crippen LogP contribution in [-0.4, -0.2) is 5.78 Å². The molecule has 0 saturated carbocycles. The molecule has 0 aliphatic heterocycles. The van der Waals surface area contributed by atoms with Crippen LogP contribution in [0.1, 0.15) is 36.0 Å². The molecule has 2 aromatic rings. The molecule has 0 unspecified atom stereocenters. The lowest BCUT2D eigenvalue weighted by Gasteiger charge is -2.21. The van der Waals surface area contributed by atoms with Crippen LogP contribution in [0.2, 0.25) is 0 Å². The van der Waals surface area contributed by atoms with Crippen molar-refractivity contribution in [3.8, 4) is 0 Å². The second-order valence-corrected chi connectivity index (χ2v) is 5.65. The highest BCUT2D eigenvalue weighted by Crippen LogP contribution is 2.42. The highest BCUT2D eigenvalue weighted by molar-refractivity contribution is 6.09. The fourth-order valence-corrected chi connectivity index (χ4v) is 3.70. The standard InChI is InChI=1S/C18H16O/c1-11-10-17-14(13-5-3-2-4-12(11)13)6-7-16-15(17)8-9-18(16)19/h2-5,10H,6-9H2,1H3. The highest BCUT2D eigenvalue weighted by Gasteiger charge is 2.29. The van der Waals surface area contributed by atoms with Gasteiger partial charge in [0.05, 0.1) is 0 Å². The Bertz CT molecular complexity index is 750. The number of rotatable bonds is 0. The van der Waals surface area contributed by atoms with E-state index in [1.54, 1.807) is 0 Å². The molecule has 2 aliphatic carbocycles. The van der Waals surface area contributed by atoms with E-state index >= 15 is 0 Å². The topological polar surface area (TPSA) is 17.1 Å². The summed E-state index contributed by atoms with van der Waals surface area (Å²) in [6.45, 7) is 2.17. The zero-order valence-electron chi connectivity index (χ0n) is 11.1. The number of carbonyl (C=O) groups is 1. The lowest BCUT2D eigenvalue weighted by Crippen LogP contribution is -2.07. The summed E-state index contributed by atoms with van der Waals surface area (Å²) in [4.78, 5) is 11.9. The van der Waals surface area contributed by atoms with E-state index in [0.717, 1.165) is 31.3 Å². The molecule has 94 valence electrons. The lowest BCUT2D eigenvalue weighted by atomic mass is 9.82. The van der Waals surface area contributed by atoms with Gasteiger partial charge in [0.25, 0.3) is 0 Å². The van der Waals surface area contributed by atoms with E-state index in [9.17, 15) is 4.79 Å². The molecule has 0 amide bonds. The summed E-state index contributed by atoms with van der Waals surface area (Å²) in [7, 11) is 0. The molecule has 4 rings (SSSR count). The quantitative estimate of drug-likeness (QED) is 0.682. The summed E-state index contributed by atoms with van der Waals surface area (Å²) in [5, 5.41) is 2.73. The van der Waals surface area contributed by atoms with Crippen molar-refractivity contribution >= 4 is 22.1 Å². The third-order valence-corrected chi connectivity index (χ3v) is 4.62. The first-order valence-electron chi connectivity index (χ1n) is 7.02. The number of allylic oxidation sites excluding steroid dienone is 2. The minimum absolute atomic E-state index is 0.381. The molecule has 0 N–H and O–H groups in total. The monoisotopic (exact) mass is 248 g/mol. The van der Waals surface area contributed by atoms with Crippen LogP contribution in [-0.2, 0) is 11.2 Å². The zero-order chi connectivity index (χ0) is 13.0. The number of fused-ring (bicyclic) bond motifs is 4. The Labute approximate surface area is 112 Å². The molecule has 0 radical (unpaired) electrons. The first-order valence-corrected chi connectivity index (χ1v) is 7.02. The molecular weight excluding hydrogens is 232 g/mol. The van der Waals surface area contributed by atoms with Crippen LogP contribution in [0.25, 0.3) is 16.3 Å². The molecule has 0 bridgehead atoms. The van der Waals surface area contributed by atoms with Crippen LogP contribution in [0.15, 0.2) is 35.9 Å². The van der Waals surface area contributed by atoms with Gasteiger partial charge in [0.15, 0.2) is 5.78 Å². The predicted octanol–water partition coefficient (Wildman–Crippen LogP) is 4.21. The van der Waals surface area contributed by atoms with Gasteiger partial charge in [-0.3, -0.25) is 4.79 Å². The van der Waals surface area contributed by atoms with Gasteiger partial charge in [-0.05, 0) is 64.8 Å². The van der Waals surface area contributed by atoms with Gasteiger partial charge in [-0.1, -0.05) is 30.3 Å². The van der Waals surface area contributed by atoms with E-state index in [0.29, 0.717) is 5.78 Å². The Hall–Kier alpha value is -1.89. The molecule has 1 nitrogen and oxygen atoms in total. The molecule has 0 saturated heterocycles. The normalized spacial score (nSPS) is 17.8. The van der Waals surface area contributed by atoms with Crippen LogP contribution < -0.4 is 0 Å². The number of Topliss-reactive ketones (excluding diaryl/α,β-unsaturated/α-hetero) is 1. The molecule has 0 fully saturated rings. The minimum Gasteiger partial charge on any atom is -0.295 e. The van der Waals surface area contributed by atoms with Crippen LogP contribution in [0.5, 0.6) is 0 Å². The van der Waals surface area contributed by atoms with Gasteiger partial charge in [0.2, 0.25) is 0 Å². The summed E-state index contributed by atoms with van der Waals surface area (Å²) < 4.78 is 0. The Balaban J connectivity index is 2.08. The molecule has 0 atom stereocenters. The number of aryl methyl sites for hydroxylation is 2. The average molecular weight is 248 g/mol. The largest absolute Gasteiger partial charge is 0.295 e. The van der Waals surface area contributed by atoms with E-state index in [1.165, 1.54) is 33.0 Å². The smallest absolute Gasteiger partial charge is 0.159 e. The van der Waals surface area contributed by atoms with Crippen molar-refractivity contribution in [1.82, 2.24) is 0 Å². The average Bonchev–Trinajstić information content (AvgIpc) is 2.81. The summed E-state index contributed by atoms with van der Waals surface area (Å²) in [5.74, 6) is 0.381. The molecule has 0 heterocycles.